The average Bonchev–Trinajstić information content (AvgIpc) is 3.35. The van der Waals surface area contributed by atoms with Crippen molar-refractivity contribution in [3.05, 3.63) is 133 Å². The minimum atomic E-state index is 0.831. The monoisotopic (exact) mass is 429 g/mol. The molecule has 5 aromatic rings. The summed E-state index contributed by atoms with van der Waals surface area (Å²) in [7, 11) is 2.01. The van der Waals surface area contributed by atoms with Crippen molar-refractivity contribution in [2.45, 2.75) is 0 Å². The highest BCUT2D eigenvalue weighted by Gasteiger charge is 2.12. The van der Waals surface area contributed by atoms with E-state index in [1.54, 1.807) is 0 Å². The molecule has 0 fully saturated rings. The van der Waals surface area contributed by atoms with E-state index >= 15 is 0 Å². The maximum atomic E-state index is 6.08. The first-order valence-corrected chi connectivity index (χ1v) is 11.0. The number of nitrogens with zero attached hydrogens (tertiary/aromatic N) is 2. The summed E-state index contributed by atoms with van der Waals surface area (Å²) in [6.07, 6.45) is 8.12. The highest BCUT2D eigenvalue weighted by molar-refractivity contribution is 5.78. The second kappa shape index (κ2) is 9.41. The molecule has 33 heavy (non-hydrogen) atoms. The largest absolute Gasteiger partial charge is 0.457 e. The summed E-state index contributed by atoms with van der Waals surface area (Å²) >= 11 is 0. The molecule has 0 spiro atoms. The van der Waals surface area contributed by atoms with Gasteiger partial charge in [-0.05, 0) is 72.3 Å². The maximum absolute atomic E-state index is 6.08. The summed E-state index contributed by atoms with van der Waals surface area (Å²) in [5, 5.41) is 0. The Balaban J connectivity index is 1.39. The molecule has 3 aromatic carbocycles. The number of para-hydroxylation sites is 2. The van der Waals surface area contributed by atoms with Crippen LogP contribution in [0.1, 0.15) is 11.3 Å². The third kappa shape index (κ3) is 4.78. The molecular weight excluding hydrogens is 404 g/mol. The zero-order chi connectivity index (χ0) is 22.5. The van der Waals surface area contributed by atoms with Crippen molar-refractivity contribution in [2.75, 3.05) is 4.90 Å². The number of furan rings is 1. The second-order valence-electron chi connectivity index (χ2n) is 7.89. The van der Waals surface area contributed by atoms with Gasteiger partial charge in [0.05, 0.1) is 0 Å². The van der Waals surface area contributed by atoms with Crippen molar-refractivity contribution < 1.29 is 8.98 Å². The Hall–Kier alpha value is -4.37. The molecule has 0 amide bonds. The topological polar surface area (TPSA) is 20.3 Å². The van der Waals surface area contributed by atoms with Gasteiger partial charge in [0.2, 0.25) is 0 Å². The Morgan fingerprint density at radius 1 is 0.606 bits per heavy atom. The number of aryl methyl sites for hydroxylation is 1. The minimum absolute atomic E-state index is 0.831. The molecule has 0 radical (unpaired) electrons. The molecular formula is C30H25N2O+. The van der Waals surface area contributed by atoms with Gasteiger partial charge in [0.15, 0.2) is 12.4 Å². The van der Waals surface area contributed by atoms with Gasteiger partial charge in [-0.25, -0.2) is 4.57 Å². The Labute approximate surface area is 194 Å². The smallest absolute Gasteiger partial charge is 0.169 e. The highest BCUT2D eigenvalue weighted by atomic mass is 16.3. The molecule has 5 rings (SSSR count). The lowest BCUT2D eigenvalue weighted by molar-refractivity contribution is -0.671. The molecule has 2 aromatic heterocycles. The number of anilines is 3. The number of aromatic nitrogens is 1. The molecule has 0 saturated heterocycles. The van der Waals surface area contributed by atoms with Crippen molar-refractivity contribution in [3.63, 3.8) is 0 Å². The molecule has 0 aliphatic carbocycles. The van der Waals surface area contributed by atoms with Gasteiger partial charge in [-0.15, -0.1) is 0 Å². The van der Waals surface area contributed by atoms with Gasteiger partial charge >= 0.3 is 0 Å². The summed E-state index contributed by atoms with van der Waals surface area (Å²) in [5.41, 5.74) is 5.52. The second-order valence-corrected chi connectivity index (χ2v) is 7.89. The molecule has 2 heterocycles. The molecule has 0 bridgehead atoms. The van der Waals surface area contributed by atoms with E-state index in [1.165, 1.54) is 0 Å². The number of pyridine rings is 1. The number of rotatable bonds is 6. The Morgan fingerprint density at radius 2 is 1.18 bits per heavy atom. The summed E-state index contributed by atoms with van der Waals surface area (Å²) in [6, 6.07) is 37.5. The molecule has 0 atom stereocenters. The summed E-state index contributed by atoms with van der Waals surface area (Å²) in [4.78, 5) is 2.25. The predicted octanol–water partition coefficient (Wildman–Crippen LogP) is 7.41. The lowest BCUT2D eigenvalue weighted by atomic mass is 10.1. The Morgan fingerprint density at radius 3 is 1.79 bits per heavy atom. The molecule has 3 nitrogen and oxygen atoms in total. The third-order valence-corrected chi connectivity index (χ3v) is 5.51. The van der Waals surface area contributed by atoms with Gasteiger partial charge in [0.1, 0.15) is 18.6 Å². The van der Waals surface area contributed by atoms with Gasteiger partial charge in [0.25, 0.3) is 0 Å². The number of hydrogen-bond acceptors (Lipinski definition) is 2. The van der Waals surface area contributed by atoms with Gasteiger partial charge in [-0.1, -0.05) is 42.5 Å². The maximum Gasteiger partial charge on any atom is 0.169 e. The van der Waals surface area contributed by atoms with E-state index in [0.29, 0.717) is 0 Å². The summed E-state index contributed by atoms with van der Waals surface area (Å²) in [6.45, 7) is 0. The van der Waals surface area contributed by atoms with Gasteiger partial charge in [-0.2, -0.15) is 0 Å². The van der Waals surface area contributed by atoms with Crippen molar-refractivity contribution in [1.82, 2.24) is 0 Å². The van der Waals surface area contributed by atoms with Crippen molar-refractivity contribution >= 4 is 29.2 Å². The minimum Gasteiger partial charge on any atom is -0.457 e. The van der Waals surface area contributed by atoms with Crippen LogP contribution >= 0.6 is 0 Å². The molecule has 0 aliphatic rings. The van der Waals surface area contributed by atoms with E-state index in [-0.39, 0.29) is 0 Å². The van der Waals surface area contributed by atoms with E-state index in [0.717, 1.165) is 39.7 Å². The van der Waals surface area contributed by atoms with Crippen LogP contribution in [0.5, 0.6) is 0 Å². The van der Waals surface area contributed by atoms with E-state index in [4.69, 9.17) is 4.42 Å². The quantitative estimate of drug-likeness (QED) is 0.262. The molecule has 0 N–H and O–H groups in total. The van der Waals surface area contributed by atoms with Crippen molar-refractivity contribution in [1.29, 1.82) is 0 Å². The average molecular weight is 430 g/mol. The van der Waals surface area contributed by atoms with Crippen LogP contribution in [0.2, 0.25) is 0 Å². The summed E-state index contributed by atoms with van der Waals surface area (Å²) < 4.78 is 8.10. The fourth-order valence-electron chi connectivity index (χ4n) is 3.78. The highest BCUT2D eigenvalue weighted by Crippen LogP contribution is 2.35. The fourth-order valence-corrected chi connectivity index (χ4v) is 3.78. The summed E-state index contributed by atoms with van der Waals surface area (Å²) in [5.74, 6) is 1.68. The fraction of sp³-hybridized carbons (Fsp3) is 0.0333. The van der Waals surface area contributed by atoms with E-state index in [9.17, 15) is 0 Å². The first-order valence-electron chi connectivity index (χ1n) is 11.0. The van der Waals surface area contributed by atoms with Crippen LogP contribution in [0.25, 0.3) is 23.5 Å². The van der Waals surface area contributed by atoms with Crippen LogP contribution in [-0.4, -0.2) is 0 Å². The van der Waals surface area contributed by atoms with Crippen molar-refractivity contribution in [2.24, 2.45) is 7.05 Å². The predicted molar refractivity (Wildman–Crippen MR) is 135 cm³/mol. The third-order valence-electron chi connectivity index (χ3n) is 5.51. The van der Waals surface area contributed by atoms with Crippen LogP contribution < -0.4 is 9.47 Å². The van der Waals surface area contributed by atoms with Gasteiger partial charge in [0, 0.05) is 34.8 Å². The van der Waals surface area contributed by atoms with E-state index < -0.39 is 0 Å². The Bertz CT molecular complexity index is 1300. The Kier molecular flexibility index (Phi) is 5.85. The standard InChI is InChI=1S/C30H25N2O/c1-31-22-20-24(21-23-31)12-17-29-18-19-30(33-29)25-13-15-28(16-14-25)32(26-8-4-2-5-9-26)27-10-6-3-7-11-27/h2-23H,1H3/q+1. The first-order chi connectivity index (χ1) is 16.3. The van der Waals surface area contributed by atoms with Crippen LogP contribution in [0.3, 0.4) is 0 Å². The van der Waals surface area contributed by atoms with E-state index in [1.807, 2.05) is 54.3 Å². The number of benzene rings is 3. The normalized spacial score (nSPS) is 11.1. The molecule has 160 valence electrons. The molecule has 0 aliphatic heterocycles. The van der Waals surface area contributed by atoms with Gasteiger partial charge in [-0.3, -0.25) is 0 Å². The van der Waals surface area contributed by atoms with Gasteiger partial charge < -0.3 is 9.32 Å². The zero-order valence-corrected chi connectivity index (χ0v) is 18.5. The first kappa shape index (κ1) is 20.5. The van der Waals surface area contributed by atoms with Crippen LogP contribution in [0.15, 0.2) is 126 Å². The van der Waals surface area contributed by atoms with Crippen LogP contribution in [0, 0.1) is 0 Å². The number of hydrogen-bond donors (Lipinski definition) is 0. The van der Waals surface area contributed by atoms with Crippen LogP contribution in [0.4, 0.5) is 17.1 Å². The van der Waals surface area contributed by atoms with Crippen molar-refractivity contribution in [3.8, 4) is 11.3 Å². The van der Waals surface area contributed by atoms with E-state index in [2.05, 4.69) is 95.9 Å². The lowest BCUT2D eigenvalue weighted by Crippen LogP contribution is -2.25. The molecule has 0 saturated carbocycles. The molecule has 0 unspecified atom stereocenters. The van der Waals surface area contributed by atoms with Crippen LogP contribution in [-0.2, 0) is 7.05 Å². The zero-order valence-electron chi connectivity index (χ0n) is 18.5. The molecule has 3 heteroatoms. The lowest BCUT2D eigenvalue weighted by Gasteiger charge is -2.25. The SMILES string of the molecule is C[n+]1ccc(/C=C/c2ccc(-c3ccc(N(c4ccccc4)c4ccccc4)cc3)o2)cc1.